The number of esters is 1. The maximum atomic E-state index is 12.2. The predicted octanol–water partition coefficient (Wildman–Crippen LogP) is 3.19. The van der Waals surface area contributed by atoms with Crippen molar-refractivity contribution in [2.75, 3.05) is 13.2 Å². The fraction of sp³-hybridized carbons (Fsp3) is 0.588. The second kappa shape index (κ2) is 8.82. The molecule has 7 heteroatoms. The van der Waals surface area contributed by atoms with Crippen LogP contribution in [0.3, 0.4) is 0 Å². The smallest absolute Gasteiger partial charge is 0.305 e. The third-order valence-electron chi connectivity index (χ3n) is 3.82. The fourth-order valence-electron chi connectivity index (χ4n) is 2.59. The number of nitrogens with zero attached hydrogens (tertiary/aromatic N) is 2. The fourth-order valence-corrected chi connectivity index (χ4v) is 3.63. The molecule has 0 radical (unpaired) electrons. The van der Waals surface area contributed by atoms with E-state index in [1.165, 1.54) is 11.3 Å². The van der Waals surface area contributed by atoms with Gasteiger partial charge in [-0.3, -0.25) is 14.3 Å². The molecule has 6 nitrogen and oxygen atoms in total. The summed E-state index contributed by atoms with van der Waals surface area (Å²) < 4.78 is 6.70. The summed E-state index contributed by atoms with van der Waals surface area (Å²) in [6.45, 7) is 4.86. The number of fused-ring (bicyclic) bond motifs is 1. The molecule has 0 bridgehead atoms. The normalized spacial score (nSPS) is 11.0. The highest BCUT2D eigenvalue weighted by Crippen LogP contribution is 2.27. The van der Waals surface area contributed by atoms with Gasteiger partial charge in [0.15, 0.2) is 0 Å². The van der Waals surface area contributed by atoms with E-state index in [1.54, 1.807) is 0 Å². The molecule has 1 N–H and O–H groups in total. The van der Waals surface area contributed by atoms with E-state index >= 15 is 0 Å². The van der Waals surface area contributed by atoms with Crippen LogP contribution in [0.1, 0.15) is 54.4 Å². The molecule has 0 aliphatic rings. The highest BCUT2D eigenvalue weighted by Gasteiger charge is 2.14. The molecule has 0 aliphatic carbocycles. The molecule has 0 fully saturated rings. The molecular weight excluding hydrogens is 326 g/mol. The van der Waals surface area contributed by atoms with Crippen molar-refractivity contribution in [1.29, 1.82) is 0 Å². The zero-order valence-electron chi connectivity index (χ0n) is 14.6. The molecule has 2 aromatic rings. The third kappa shape index (κ3) is 4.80. The van der Waals surface area contributed by atoms with Crippen molar-refractivity contribution in [3.05, 3.63) is 16.6 Å². The van der Waals surface area contributed by atoms with E-state index in [4.69, 9.17) is 4.74 Å². The average molecular weight is 351 g/mol. The van der Waals surface area contributed by atoms with E-state index in [9.17, 15) is 9.59 Å². The summed E-state index contributed by atoms with van der Waals surface area (Å²) in [5, 5.41) is 8.35. The Kier molecular flexibility index (Phi) is 6.78. The van der Waals surface area contributed by atoms with Crippen molar-refractivity contribution in [2.24, 2.45) is 7.05 Å². The van der Waals surface area contributed by atoms with Gasteiger partial charge in [-0.2, -0.15) is 5.10 Å². The van der Waals surface area contributed by atoms with Crippen LogP contribution < -0.4 is 5.32 Å². The van der Waals surface area contributed by atoms with Gasteiger partial charge in [0.2, 0.25) is 0 Å². The van der Waals surface area contributed by atoms with Crippen molar-refractivity contribution in [3.63, 3.8) is 0 Å². The van der Waals surface area contributed by atoms with Crippen molar-refractivity contribution in [3.8, 4) is 0 Å². The van der Waals surface area contributed by atoms with Crippen LogP contribution >= 0.6 is 11.3 Å². The summed E-state index contributed by atoms with van der Waals surface area (Å²) in [7, 11) is 1.89. The number of unbranched alkanes of at least 4 members (excludes halogenated alkanes) is 3. The molecule has 2 aromatic heterocycles. The first-order valence-corrected chi connectivity index (χ1v) is 9.21. The van der Waals surface area contributed by atoms with Gasteiger partial charge in [0.05, 0.1) is 17.2 Å². The minimum Gasteiger partial charge on any atom is -0.466 e. The van der Waals surface area contributed by atoms with Crippen LogP contribution in [-0.4, -0.2) is 34.8 Å². The molecule has 2 heterocycles. The summed E-state index contributed by atoms with van der Waals surface area (Å²) in [5.74, 6) is -0.150. The zero-order valence-corrected chi connectivity index (χ0v) is 15.4. The van der Waals surface area contributed by atoms with Crippen LogP contribution in [0.5, 0.6) is 0 Å². The Morgan fingerprint density at radius 2 is 2.04 bits per heavy atom. The van der Waals surface area contributed by atoms with Gasteiger partial charge in [-0.25, -0.2) is 0 Å². The minimum absolute atomic E-state index is 0.0258. The van der Waals surface area contributed by atoms with E-state index in [1.807, 2.05) is 31.6 Å². The third-order valence-corrected chi connectivity index (χ3v) is 5.02. The van der Waals surface area contributed by atoms with Crippen molar-refractivity contribution >= 4 is 33.4 Å². The van der Waals surface area contributed by atoms with Crippen LogP contribution in [0.25, 0.3) is 10.2 Å². The first-order chi connectivity index (χ1) is 11.5. The van der Waals surface area contributed by atoms with E-state index in [0.717, 1.165) is 46.5 Å². The average Bonchev–Trinajstić information content (AvgIpc) is 3.09. The Balaban J connectivity index is 1.66. The lowest BCUT2D eigenvalue weighted by atomic mass is 10.1. The lowest BCUT2D eigenvalue weighted by Gasteiger charge is -2.04. The Hall–Kier alpha value is -1.89. The quantitative estimate of drug-likeness (QED) is 0.556. The number of aromatic nitrogens is 2. The van der Waals surface area contributed by atoms with Gasteiger partial charge >= 0.3 is 5.97 Å². The summed E-state index contributed by atoms with van der Waals surface area (Å²) in [6.07, 6.45) is 4.21. The van der Waals surface area contributed by atoms with Crippen LogP contribution in [0.2, 0.25) is 0 Å². The summed E-state index contributed by atoms with van der Waals surface area (Å²) >= 11 is 1.47. The zero-order chi connectivity index (χ0) is 17.5. The van der Waals surface area contributed by atoms with Crippen molar-refractivity contribution < 1.29 is 14.3 Å². The van der Waals surface area contributed by atoms with Crippen molar-refractivity contribution in [2.45, 2.75) is 46.0 Å². The minimum atomic E-state index is -0.125. The van der Waals surface area contributed by atoms with Crippen LogP contribution in [0, 0.1) is 6.92 Å². The van der Waals surface area contributed by atoms with Crippen LogP contribution in [-0.2, 0) is 16.6 Å². The van der Waals surface area contributed by atoms with Gasteiger partial charge in [0, 0.05) is 25.4 Å². The number of carbonyl (C=O) groups excluding carboxylic acids is 2. The highest BCUT2D eigenvalue weighted by molar-refractivity contribution is 7.20. The van der Waals surface area contributed by atoms with Gasteiger partial charge in [-0.1, -0.05) is 12.8 Å². The number of hydrogen-bond acceptors (Lipinski definition) is 5. The van der Waals surface area contributed by atoms with Gasteiger partial charge in [-0.05, 0) is 32.8 Å². The second-order valence-corrected chi connectivity index (χ2v) is 6.79. The Morgan fingerprint density at radius 3 is 2.75 bits per heavy atom. The molecule has 1 amide bonds. The number of aryl methyl sites for hydroxylation is 2. The standard InChI is InChI=1S/C17H25N3O3S/c1-4-23-15(21)9-7-5-6-8-10-18-16(22)14-11-13-12(2)19-20(3)17(13)24-14/h11H,4-10H2,1-3H3,(H,18,22). The molecule has 2 rings (SSSR count). The monoisotopic (exact) mass is 351 g/mol. The highest BCUT2D eigenvalue weighted by atomic mass is 32.1. The molecule has 24 heavy (non-hydrogen) atoms. The summed E-state index contributed by atoms with van der Waals surface area (Å²) in [4.78, 5) is 25.1. The second-order valence-electron chi connectivity index (χ2n) is 5.76. The first kappa shape index (κ1) is 18.4. The van der Waals surface area contributed by atoms with Crippen molar-refractivity contribution in [1.82, 2.24) is 15.1 Å². The lowest BCUT2D eigenvalue weighted by Crippen LogP contribution is -2.23. The van der Waals surface area contributed by atoms with Gasteiger partial charge in [0.25, 0.3) is 5.91 Å². The number of amides is 1. The molecular formula is C17H25N3O3S. The maximum absolute atomic E-state index is 12.2. The molecule has 0 saturated carbocycles. The van der Waals surface area contributed by atoms with E-state index < -0.39 is 0 Å². The number of hydrogen-bond donors (Lipinski definition) is 1. The summed E-state index contributed by atoms with van der Waals surface area (Å²) in [6, 6.07) is 1.91. The number of carbonyl (C=O) groups is 2. The molecule has 0 saturated heterocycles. The van der Waals surface area contributed by atoms with E-state index in [0.29, 0.717) is 19.6 Å². The first-order valence-electron chi connectivity index (χ1n) is 8.40. The topological polar surface area (TPSA) is 73.2 Å². The van der Waals surface area contributed by atoms with Gasteiger partial charge < -0.3 is 10.1 Å². The van der Waals surface area contributed by atoms with Crippen LogP contribution in [0.15, 0.2) is 6.07 Å². The number of ether oxygens (including phenoxy) is 1. The Bertz CT molecular complexity index is 671. The number of rotatable bonds is 9. The van der Waals surface area contributed by atoms with E-state index in [2.05, 4.69) is 10.4 Å². The number of thiophene rings is 1. The Morgan fingerprint density at radius 1 is 1.29 bits per heavy atom. The molecule has 0 unspecified atom stereocenters. The molecule has 0 spiro atoms. The SMILES string of the molecule is CCOC(=O)CCCCCCNC(=O)c1cc2c(C)nn(C)c2s1. The lowest BCUT2D eigenvalue weighted by molar-refractivity contribution is -0.143. The van der Waals surface area contributed by atoms with Crippen LogP contribution in [0.4, 0.5) is 0 Å². The van der Waals surface area contributed by atoms with E-state index in [-0.39, 0.29) is 11.9 Å². The maximum Gasteiger partial charge on any atom is 0.305 e. The largest absolute Gasteiger partial charge is 0.466 e. The predicted molar refractivity (Wildman–Crippen MR) is 95.4 cm³/mol. The van der Waals surface area contributed by atoms with Gasteiger partial charge in [0.1, 0.15) is 4.83 Å². The Labute approximate surface area is 146 Å². The summed E-state index contributed by atoms with van der Waals surface area (Å²) in [5.41, 5.74) is 0.949. The molecule has 132 valence electrons. The molecule has 0 aromatic carbocycles. The molecule has 0 aliphatic heterocycles. The number of nitrogens with one attached hydrogen (secondary N) is 1. The molecule has 0 atom stereocenters. The van der Waals surface area contributed by atoms with Gasteiger partial charge in [-0.15, -0.1) is 11.3 Å².